The molecule has 0 aromatic carbocycles. The van der Waals surface area contributed by atoms with Crippen LogP contribution in [-0.4, -0.2) is 23.7 Å². The van der Waals surface area contributed by atoms with Gasteiger partial charge in [0.15, 0.2) is 5.41 Å². The standard InChI is InChI=1S/C10H16O4/c1-4-6-7-10(3,8(11)12)9(13)14-5-2/h4,6H,5,7H2,1-3H3,(H,11,12)/b6-4+. The van der Waals surface area contributed by atoms with E-state index in [4.69, 9.17) is 9.84 Å². The fourth-order valence-corrected chi connectivity index (χ4v) is 0.902. The zero-order chi connectivity index (χ0) is 11.2. The van der Waals surface area contributed by atoms with Gasteiger partial charge in [0.25, 0.3) is 0 Å². The number of aliphatic carboxylic acids is 1. The summed E-state index contributed by atoms with van der Waals surface area (Å²) in [6.45, 7) is 4.98. The van der Waals surface area contributed by atoms with Gasteiger partial charge in [-0.05, 0) is 27.2 Å². The summed E-state index contributed by atoms with van der Waals surface area (Å²) in [4.78, 5) is 22.3. The molecule has 0 fully saturated rings. The zero-order valence-electron chi connectivity index (χ0n) is 8.74. The molecule has 1 unspecified atom stereocenters. The smallest absolute Gasteiger partial charge is 0.323 e. The van der Waals surface area contributed by atoms with Crippen molar-refractivity contribution in [3.8, 4) is 0 Å². The lowest BCUT2D eigenvalue weighted by Gasteiger charge is -2.20. The molecule has 1 atom stereocenters. The number of carbonyl (C=O) groups is 2. The van der Waals surface area contributed by atoms with Crippen LogP contribution in [0.1, 0.15) is 27.2 Å². The van der Waals surface area contributed by atoms with Gasteiger partial charge in [0.2, 0.25) is 0 Å². The summed E-state index contributed by atoms with van der Waals surface area (Å²) in [5.74, 6) is -1.85. The van der Waals surface area contributed by atoms with Gasteiger partial charge >= 0.3 is 11.9 Å². The summed E-state index contributed by atoms with van der Waals surface area (Å²) >= 11 is 0. The highest BCUT2D eigenvalue weighted by atomic mass is 16.5. The molecule has 0 aliphatic heterocycles. The van der Waals surface area contributed by atoms with E-state index in [1.807, 2.05) is 0 Å². The molecule has 1 N–H and O–H groups in total. The lowest BCUT2D eigenvalue weighted by Crippen LogP contribution is -2.37. The van der Waals surface area contributed by atoms with Gasteiger partial charge in [-0.3, -0.25) is 9.59 Å². The van der Waals surface area contributed by atoms with Crippen LogP contribution in [0.2, 0.25) is 0 Å². The topological polar surface area (TPSA) is 63.6 Å². The molecule has 14 heavy (non-hydrogen) atoms. The number of carboxylic acid groups (broad SMARTS) is 1. The van der Waals surface area contributed by atoms with Gasteiger partial charge in [-0.15, -0.1) is 0 Å². The average Bonchev–Trinajstić information content (AvgIpc) is 2.14. The molecular weight excluding hydrogens is 184 g/mol. The maximum Gasteiger partial charge on any atom is 0.323 e. The predicted molar refractivity (Wildman–Crippen MR) is 51.8 cm³/mol. The Labute approximate surface area is 83.6 Å². The van der Waals surface area contributed by atoms with Crippen molar-refractivity contribution >= 4 is 11.9 Å². The largest absolute Gasteiger partial charge is 0.480 e. The first-order valence-corrected chi connectivity index (χ1v) is 4.50. The highest BCUT2D eigenvalue weighted by Crippen LogP contribution is 2.24. The van der Waals surface area contributed by atoms with Crippen LogP contribution in [0.25, 0.3) is 0 Å². The lowest BCUT2D eigenvalue weighted by atomic mass is 9.87. The Morgan fingerprint density at radius 3 is 2.43 bits per heavy atom. The van der Waals surface area contributed by atoms with Gasteiger partial charge in [-0.25, -0.2) is 0 Å². The molecule has 0 heterocycles. The van der Waals surface area contributed by atoms with E-state index in [1.165, 1.54) is 6.92 Å². The van der Waals surface area contributed by atoms with Crippen LogP contribution < -0.4 is 0 Å². The molecular formula is C10H16O4. The first-order valence-electron chi connectivity index (χ1n) is 4.50. The van der Waals surface area contributed by atoms with E-state index in [1.54, 1.807) is 26.0 Å². The summed E-state index contributed by atoms with van der Waals surface area (Å²) in [5.41, 5.74) is -1.47. The first-order chi connectivity index (χ1) is 6.49. The summed E-state index contributed by atoms with van der Waals surface area (Å²) in [6, 6.07) is 0. The minimum atomic E-state index is -1.47. The minimum Gasteiger partial charge on any atom is -0.480 e. The molecule has 0 spiro atoms. The van der Waals surface area contributed by atoms with Gasteiger partial charge in [0.1, 0.15) is 0 Å². The molecule has 0 aromatic heterocycles. The molecule has 0 saturated carbocycles. The van der Waals surface area contributed by atoms with E-state index in [-0.39, 0.29) is 13.0 Å². The predicted octanol–water partition coefficient (Wildman–Crippen LogP) is 1.61. The molecule has 0 amide bonds. The molecule has 4 heteroatoms. The third-order valence-electron chi connectivity index (χ3n) is 1.96. The lowest BCUT2D eigenvalue weighted by molar-refractivity contribution is -0.166. The number of rotatable bonds is 5. The van der Waals surface area contributed by atoms with Gasteiger partial charge in [-0.2, -0.15) is 0 Å². The number of carboxylic acids is 1. The van der Waals surface area contributed by atoms with E-state index < -0.39 is 17.4 Å². The van der Waals surface area contributed by atoms with Crippen molar-refractivity contribution in [2.45, 2.75) is 27.2 Å². The second kappa shape index (κ2) is 5.42. The van der Waals surface area contributed by atoms with Crippen LogP contribution in [-0.2, 0) is 14.3 Å². The zero-order valence-corrected chi connectivity index (χ0v) is 8.74. The Morgan fingerprint density at radius 1 is 1.50 bits per heavy atom. The molecule has 0 radical (unpaired) electrons. The van der Waals surface area contributed by atoms with Gasteiger partial charge in [-0.1, -0.05) is 12.2 Å². The van der Waals surface area contributed by atoms with E-state index in [0.717, 1.165) is 0 Å². The van der Waals surface area contributed by atoms with E-state index in [2.05, 4.69) is 0 Å². The van der Waals surface area contributed by atoms with Crippen LogP contribution in [0.4, 0.5) is 0 Å². The normalized spacial score (nSPS) is 15.1. The Hall–Kier alpha value is -1.32. The van der Waals surface area contributed by atoms with Crippen LogP contribution in [0.5, 0.6) is 0 Å². The number of hydrogen-bond acceptors (Lipinski definition) is 3. The van der Waals surface area contributed by atoms with Crippen LogP contribution >= 0.6 is 0 Å². The summed E-state index contributed by atoms with van der Waals surface area (Å²) in [7, 11) is 0. The summed E-state index contributed by atoms with van der Waals surface area (Å²) in [5, 5.41) is 8.92. The SMILES string of the molecule is C/C=C/CC(C)(C(=O)O)C(=O)OCC. The molecule has 0 saturated heterocycles. The monoisotopic (exact) mass is 200 g/mol. The van der Waals surface area contributed by atoms with E-state index in [0.29, 0.717) is 0 Å². The Morgan fingerprint density at radius 2 is 2.07 bits per heavy atom. The Balaban J connectivity index is 4.70. The second-order valence-electron chi connectivity index (χ2n) is 3.13. The second-order valence-corrected chi connectivity index (χ2v) is 3.13. The van der Waals surface area contributed by atoms with Crippen LogP contribution in [0, 0.1) is 5.41 Å². The first kappa shape index (κ1) is 12.7. The fraction of sp³-hybridized carbons (Fsp3) is 0.600. The molecule has 0 aliphatic rings. The van der Waals surface area contributed by atoms with Crippen molar-refractivity contribution in [2.24, 2.45) is 5.41 Å². The highest BCUT2D eigenvalue weighted by Gasteiger charge is 2.41. The average molecular weight is 200 g/mol. The van der Waals surface area contributed by atoms with E-state index in [9.17, 15) is 9.59 Å². The molecule has 4 nitrogen and oxygen atoms in total. The van der Waals surface area contributed by atoms with Gasteiger partial charge in [0.05, 0.1) is 6.61 Å². The minimum absolute atomic E-state index is 0.150. The van der Waals surface area contributed by atoms with Crippen LogP contribution in [0.3, 0.4) is 0 Å². The third-order valence-corrected chi connectivity index (χ3v) is 1.96. The number of esters is 1. The number of hydrogen-bond donors (Lipinski definition) is 1. The fourth-order valence-electron chi connectivity index (χ4n) is 0.902. The molecule has 0 bridgehead atoms. The summed E-state index contributed by atoms with van der Waals surface area (Å²) < 4.78 is 4.71. The highest BCUT2D eigenvalue weighted by molar-refractivity contribution is 5.98. The molecule has 0 rings (SSSR count). The molecule has 0 aromatic rings. The number of ether oxygens (including phenoxy) is 1. The van der Waals surface area contributed by atoms with Gasteiger partial charge in [0, 0.05) is 0 Å². The van der Waals surface area contributed by atoms with Crippen molar-refractivity contribution in [3.63, 3.8) is 0 Å². The maximum absolute atomic E-state index is 11.4. The van der Waals surface area contributed by atoms with Crippen LogP contribution in [0.15, 0.2) is 12.2 Å². The Kier molecular flexibility index (Phi) is 4.91. The number of allylic oxidation sites excluding steroid dienone is 2. The van der Waals surface area contributed by atoms with Crippen molar-refractivity contribution in [3.05, 3.63) is 12.2 Å². The Bertz CT molecular complexity index is 245. The van der Waals surface area contributed by atoms with Gasteiger partial charge < -0.3 is 9.84 Å². The quantitative estimate of drug-likeness (QED) is 0.416. The van der Waals surface area contributed by atoms with Crippen molar-refractivity contribution < 1.29 is 19.4 Å². The summed E-state index contributed by atoms with van der Waals surface area (Å²) in [6.07, 6.45) is 3.50. The van der Waals surface area contributed by atoms with Crippen molar-refractivity contribution in [2.75, 3.05) is 6.61 Å². The third kappa shape index (κ3) is 2.87. The van der Waals surface area contributed by atoms with Crippen molar-refractivity contribution in [1.82, 2.24) is 0 Å². The van der Waals surface area contributed by atoms with Crippen molar-refractivity contribution in [1.29, 1.82) is 0 Å². The maximum atomic E-state index is 11.4. The molecule has 80 valence electrons. The number of carbonyl (C=O) groups excluding carboxylic acids is 1. The molecule has 0 aliphatic carbocycles. The van der Waals surface area contributed by atoms with E-state index >= 15 is 0 Å².